The Balaban J connectivity index is 1.29. The summed E-state index contributed by atoms with van der Waals surface area (Å²) in [5.41, 5.74) is 1.000. The maximum Gasteiger partial charge on any atom is 0.229 e. The van der Waals surface area contributed by atoms with Gasteiger partial charge < -0.3 is 15.5 Å². The van der Waals surface area contributed by atoms with E-state index in [4.69, 9.17) is 4.98 Å². The van der Waals surface area contributed by atoms with E-state index < -0.39 is 0 Å². The smallest absolute Gasteiger partial charge is 0.229 e. The number of amides is 1. The Morgan fingerprint density at radius 2 is 2.06 bits per heavy atom. The van der Waals surface area contributed by atoms with Gasteiger partial charge in [-0.1, -0.05) is 13.0 Å². The number of anilines is 2. The molecular formula is C22H30N6OS2. The van der Waals surface area contributed by atoms with Crippen molar-refractivity contribution in [3.8, 4) is 0 Å². The molecule has 7 nitrogen and oxygen atoms in total. The molecule has 0 bridgehead atoms. The van der Waals surface area contributed by atoms with Crippen LogP contribution in [-0.2, 0) is 4.79 Å². The first kappa shape index (κ1) is 22.1. The van der Waals surface area contributed by atoms with Crippen LogP contribution in [0, 0.1) is 11.8 Å². The van der Waals surface area contributed by atoms with Gasteiger partial charge in [0.05, 0.1) is 11.6 Å². The Bertz CT molecular complexity index is 942. The number of thiazole rings is 1. The molecule has 4 rings (SSSR count). The zero-order valence-corrected chi connectivity index (χ0v) is 20.1. The van der Waals surface area contributed by atoms with Crippen LogP contribution in [0.3, 0.4) is 0 Å². The van der Waals surface area contributed by atoms with Crippen molar-refractivity contribution < 1.29 is 4.79 Å². The molecule has 0 spiro atoms. The Hall–Kier alpha value is -2.13. The third-order valence-electron chi connectivity index (χ3n) is 6.10. The molecular weight excluding hydrogens is 428 g/mol. The predicted octanol–water partition coefficient (Wildman–Crippen LogP) is 4.18. The molecule has 0 aromatic carbocycles. The van der Waals surface area contributed by atoms with E-state index in [9.17, 15) is 4.79 Å². The number of aromatic nitrogens is 3. The topological polar surface area (TPSA) is 83.0 Å². The molecule has 1 fully saturated rings. The minimum absolute atomic E-state index is 0.107. The van der Waals surface area contributed by atoms with Crippen LogP contribution in [-0.4, -0.2) is 58.7 Å². The average molecular weight is 459 g/mol. The van der Waals surface area contributed by atoms with Crippen molar-refractivity contribution >= 4 is 46.2 Å². The molecule has 4 atom stereocenters. The van der Waals surface area contributed by atoms with E-state index in [2.05, 4.69) is 27.5 Å². The lowest BCUT2D eigenvalue weighted by Gasteiger charge is -2.25. The second-order valence-electron chi connectivity index (χ2n) is 8.52. The van der Waals surface area contributed by atoms with E-state index in [0.29, 0.717) is 17.9 Å². The van der Waals surface area contributed by atoms with Crippen molar-refractivity contribution in [2.75, 3.05) is 37.5 Å². The highest BCUT2D eigenvalue weighted by molar-refractivity contribution is 7.98. The van der Waals surface area contributed by atoms with Crippen LogP contribution in [0.15, 0.2) is 23.4 Å². The molecule has 2 aromatic heterocycles. The van der Waals surface area contributed by atoms with Gasteiger partial charge in [0.1, 0.15) is 0 Å². The fourth-order valence-electron chi connectivity index (χ4n) is 4.29. The van der Waals surface area contributed by atoms with E-state index in [1.54, 1.807) is 28.0 Å². The van der Waals surface area contributed by atoms with Crippen molar-refractivity contribution in [2.24, 2.45) is 11.8 Å². The van der Waals surface area contributed by atoms with Crippen molar-refractivity contribution in [1.29, 1.82) is 0 Å². The predicted molar refractivity (Wildman–Crippen MR) is 129 cm³/mol. The number of hydrogen-bond acceptors (Lipinski definition) is 8. The second-order valence-corrected chi connectivity index (χ2v) is 10.4. The summed E-state index contributed by atoms with van der Waals surface area (Å²) in [6.07, 6.45) is 13.2. The van der Waals surface area contributed by atoms with Gasteiger partial charge in [-0.05, 0) is 37.5 Å². The molecule has 0 saturated heterocycles. The lowest BCUT2D eigenvalue weighted by atomic mass is 9.86. The fraction of sp³-hybridized carbons (Fsp3) is 0.545. The molecule has 2 aliphatic rings. The number of nitrogens with one attached hydrogen (secondary N) is 2. The van der Waals surface area contributed by atoms with Crippen LogP contribution in [0.1, 0.15) is 42.7 Å². The van der Waals surface area contributed by atoms with E-state index in [-0.39, 0.29) is 17.7 Å². The largest absolute Gasteiger partial charge is 0.361 e. The van der Waals surface area contributed by atoms with Crippen LogP contribution in [0.4, 0.5) is 11.1 Å². The van der Waals surface area contributed by atoms with Crippen molar-refractivity contribution in [3.05, 3.63) is 29.0 Å². The highest BCUT2D eigenvalue weighted by atomic mass is 32.2. The first-order chi connectivity index (χ1) is 14.9. The number of fused-ring (bicyclic) bond motifs is 1. The van der Waals surface area contributed by atoms with Crippen LogP contribution in [0.25, 0.3) is 6.08 Å². The van der Waals surface area contributed by atoms with Gasteiger partial charge in [0, 0.05) is 54.8 Å². The molecule has 2 aromatic rings. The Labute approximate surface area is 192 Å². The number of hydrogen-bond donors (Lipinski definition) is 2. The summed E-state index contributed by atoms with van der Waals surface area (Å²) >= 11 is 3.33. The van der Waals surface area contributed by atoms with E-state index >= 15 is 0 Å². The normalized spacial score (nSPS) is 24.6. The Kier molecular flexibility index (Phi) is 6.81. The summed E-state index contributed by atoms with van der Waals surface area (Å²) in [4.78, 5) is 30.0. The van der Waals surface area contributed by atoms with Crippen molar-refractivity contribution in [2.45, 2.75) is 43.0 Å². The zero-order chi connectivity index (χ0) is 22.0. The Morgan fingerprint density at radius 1 is 1.29 bits per heavy atom. The second kappa shape index (κ2) is 9.56. The molecule has 31 heavy (non-hydrogen) atoms. The van der Waals surface area contributed by atoms with Gasteiger partial charge >= 0.3 is 0 Å². The highest BCUT2D eigenvalue weighted by Gasteiger charge is 2.32. The summed E-state index contributed by atoms with van der Waals surface area (Å²) in [6, 6.07) is 0.414. The lowest BCUT2D eigenvalue weighted by molar-refractivity contribution is -0.131. The number of nitrogens with zero attached hydrogens (tertiary/aromatic N) is 4. The van der Waals surface area contributed by atoms with Gasteiger partial charge in [0.2, 0.25) is 11.9 Å². The quantitative estimate of drug-likeness (QED) is 0.602. The molecule has 9 heteroatoms. The summed E-state index contributed by atoms with van der Waals surface area (Å²) in [5, 5.41) is 7.97. The zero-order valence-electron chi connectivity index (χ0n) is 18.5. The first-order valence-corrected chi connectivity index (χ1v) is 12.7. The maximum atomic E-state index is 12.4. The number of thioether (sulfide) groups is 1. The minimum atomic E-state index is -0.107. The van der Waals surface area contributed by atoms with Gasteiger partial charge in [0.25, 0.3) is 0 Å². The number of rotatable bonds is 7. The molecule has 2 heterocycles. The first-order valence-electron chi connectivity index (χ1n) is 10.7. The van der Waals surface area contributed by atoms with Gasteiger partial charge in [-0.3, -0.25) is 4.79 Å². The molecule has 0 aliphatic heterocycles. The summed E-state index contributed by atoms with van der Waals surface area (Å²) in [6.45, 7) is 3.03. The molecule has 0 radical (unpaired) electrons. The monoisotopic (exact) mass is 458 g/mol. The average Bonchev–Trinajstić information content (AvgIpc) is 3.39. The molecule has 2 N–H and O–H groups in total. The summed E-state index contributed by atoms with van der Waals surface area (Å²) < 4.78 is 0. The molecule has 1 saturated carbocycles. The third-order valence-corrected chi connectivity index (χ3v) is 8.01. The summed E-state index contributed by atoms with van der Waals surface area (Å²) in [7, 11) is 3.63. The SMILES string of the molecule is CSc1cnc(N[C@H]2CC[C@H](CNc3nc4c(s3)C(C)C(C(=O)N(C)C)C=C4)C2)nc1. The fourth-order valence-corrected chi connectivity index (χ4v) is 5.66. The van der Waals surface area contributed by atoms with Gasteiger partial charge in [-0.25, -0.2) is 15.0 Å². The molecule has 2 unspecified atom stereocenters. The minimum Gasteiger partial charge on any atom is -0.361 e. The van der Waals surface area contributed by atoms with E-state index in [1.807, 2.05) is 44.9 Å². The van der Waals surface area contributed by atoms with Crippen LogP contribution in [0.5, 0.6) is 0 Å². The van der Waals surface area contributed by atoms with Gasteiger partial charge in [-0.15, -0.1) is 23.1 Å². The van der Waals surface area contributed by atoms with E-state index in [0.717, 1.165) is 35.1 Å². The number of carbonyl (C=O) groups excluding carboxylic acids is 1. The summed E-state index contributed by atoms with van der Waals surface area (Å²) in [5.74, 6) is 1.51. The van der Waals surface area contributed by atoms with Gasteiger partial charge in [0.15, 0.2) is 5.13 Å². The third kappa shape index (κ3) is 5.03. The van der Waals surface area contributed by atoms with Crippen LogP contribution in [0.2, 0.25) is 0 Å². The van der Waals surface area contributed by atoms with Crippen molar-refractivity contribution in [3.63, 3.8) is 0 Å². The lowest BCUT2D eigenvalue weighted by Crippen LogP contribution is -2.32. The van der Waals surface area contributed by atoms with Crippen LogP contribution < -0.4 is 10.6 Å². The molecule has 1 amide bonds. The highest BCUT2D eigenvalue weighted by Crippen LogP contribution is 2.40. The molecule has 166 valence electrons. The van der Waals surface area contributed by atoms with Crippen LogP contribution >= 0.6 is 23.1 Å². The molecule has 2 aliphatic carbocycles. The van der Waals surface area contributed by atoms with E-state index in [1.165, 1.54) is 11.3 Å². The standard InChI is InChI=1S/C22H30N6OS2/c1-13-17(20(29)28(2)3)7-8-18-19(13)31-22(27-18)25-10-14-5-6-15(9-14)26-21-23-11-16(30-4)12-24-21/h7-8,11-15,17H,5-6,9-10H2,1-4H3,(H,25,27)(H,23,24,26)/t13?,14-,15-,17?/m0/s1. The van der Waals surface area contributed by atoms with Crippen molar-refractivity contribution in [1.82, 2.24) is 19.9 Å². The Morgan fingerprint density at radius 3 is 2.77 bits per heavy atom. The van der Waals surface area contributed by atoms with Gasteiger partial charge in [-0.2, -0.15) is 0 Å². The maximum absolute atomic E-state index is 12.4. The number of carbonyl (C=O) groups is 1.